The summed E-state index contributed by atoms with van der Waals surface area (Å²) in [7, 11) is 0. The van der Waals surface area contributed by atoms with Gasteiger partial charge in [0, 0.05) is 19.3 Å². The van der Waals surface area contributed by atoms with Crippen LogP contribution in [-0.4, -0.2) is 37.2 Å². The van der Waals surface area contributed by atoms with E-state index in [1.165, 1.54) is 148 Å². The van der Waals surface area contributed by atoms with Gasteiger partial charge in [-0.15, -0.1) is 0 Å². The van der Waals surface area contributed by atoms with Crippen molar-refractivity contribution in [2.45, 2.75) is 297 Å². The van der Waals surface area contributed by atoms with Crippen molar-refractivity contribution in [3.63, 3.8) is 0 Å². The molecule has 0 rings (SSSR count). The molecule has 0 aromatic heterocycles. The highest BCUT2D eigenvalue weighted by Gasteiger charge is 2.19. The lowest BCUT2D eigenvalue weighted by molar-refractivity contribution is -0.167. The van der Waals surface area contributed by atoms with Crippen molar-refractivity contribution < 1.29 is 28.6 Å². The van der Waals surface area contributed by atoms with Gasteiger partial charge in [0.25, 0.3) is 0 Å². The standard InChI is InChI=1S/C61H108O6/c1-4-7-10-13-16-19-22-25-28-29-30-31-34-36-39-42-45-48-51-54-60(63)66-57-58(67-61(64)55-52-49-46-43-40-37-33-27-24-21-18-15-12-9-6-3)56-65-59(62)53-50-47-44-41-38-35-32-26-23-20-17-14-11-8-5-2/h17-18,20-21,25-28,32-33,58H,4-16,19,22-24,29-31,34-57H2,1-3H3/b20-17-,21-18-,28-25-,32-26-,33-27-. The normalized spacial score (nSPS) is 12.5. The quantitative estimate of drug-likeness (QED) is 0.0262. The number of hydrogen-bond acceptors (Lipinski definition) is 6. The molecule has 0 aromatic carbocycles. The van der Waals surface area contributed by atoms with Gasteiger partial charge in [-0.3, -0.25) is 14.4 Å². The Labute approximate surface area is 415 Å². The molecule has 388 valence electrons. The fourth-order valence-electron chi connectivity index (χ4n) is 8.09. The van der Waals surface area contributed by atoms with E-state index in [0.717, 1.165) is 103 Å². The largest absolute Gasteiger partial charge is 0.462 e. The van der Waals surface area contributed by atoms with Crippen LogP contribution in [0.25, 0.3) is 0 Å². The summed E-state index contributed by atoms with van der Waals surface area (Å²) in [5, 5.41) is 0. The lowest BCUT2D eigenvalue weighted by atomic mass is 10.1. The minimum absolute atomic E-state index is 0.0847. The number of rotatable bonds is 52. The van der Waals surface area contributed by atoms with E-state index in [1.807, 2.05) is 0 Å². The molecule has 0 N–H and O–H groups in total. The molecular weight excluding hydrogens is 829 g/mol. The van der Waals surface area contributed by atoms with Crippen molar-refractivity contribution in [2.75, 3.05) is 13.2 Å². The van der Waals surface area contributed by atoms with Crippen molar-refractivity contribution in [1.82, 2.24) is 0 Å². The number of allylic oxidation sites excluding steroid dienone is 10. The summed E-state index contributed by atoms with van der Waals surface area (Å²) in [5.74, 6) is -0.905. The molecular formula is C61H108O6. The van der Waals surface area contributed by atoms with Crippen LogP contribution in [0.15, 0.2) is 60.8 Å². The summed E-state index contributed by atoms with van der Waals surface area (Å²) < 4.78 is 16.8. The van der Waals surface area contributed by atoms with E-state index in [1.54, 1.807) is 0 Å². The smallest absolute Gasteiger partial charge is 0.306 e. The van der Waals surface area contributed by atoms with Crippen molar-refractivity contribution >= 4 is 17.9 Å². The van der Waals surface area contributed by atoms with Crippen molar-refractivity contribution in [3.8, 4) is 0 Å². The van der Waals surface area contributed by atoms with Gasteiger partial charge in [-0.05, 0) is 109 Å². The molecule has 0 amide bonds. The van der Waals surface area contributed by atoms with Crippen LogP contribution in [0.4, 0.5) is 0 Å². The van der Waals surface area contributed by atoms with Gasteiger partial charge >= 0.3 is 17.9 Å². The molecule has 0 saturated heterocycles. The first-order valence-electron chi connectivity index (χ1n) is 28.8. The highest BCUT2D eigenvalue weighted by molar-refractivity contribution is 5.71. The Bertz CT molecular complexity index is 1210. The zero-order chi connectivity index (χ0) is 48.6. The minimum Gasteiger partial charge on any atom is -0.462 e. The predicted octanol–water partition coefficient (Wildman–Crippen LogP) is 19.2. The highest BCUT2D eigenvalue weighted by atomic mass is 16.6. The van der Waals surface area contributed by atoms with Crippen molar-refractivity contribution in [2.24, 2.45) is 0 Å². The van der Waals surface area contributed by atoms with Gasteiger partial charge in [-0.1, -0.05) is 223 Å². The Hall–Kier alpha value is -2.89. The summed E-state index contributed by atoms with van der Waals surface area (Å²) in [4.78, 5) is 38.1. The van der Waals surface area contributed by atoms with Crippen LogP contribution in [-0.2, 0) is 28.6 Å². The second kappa shape index (κ2) is 55.7. The molecule has 0 aromatic rings. The third-order valence-electron chi connectivity index (χ3n) is 12.5. The molecule has 0 saturated carbocycles. The lowest BCUT2D eigenvalue weighted by Crippen LogP contribution is -2.30. The second-order valence-electron chi connectivity index (χ2n) is 19.2. The van der Waals surface area contributed by atoms with Gasteiger partial charge in [-0.2, -0.15) is 0 Å². The van der Waals surface area contributed by atoms with E-state index in [0.29, 0.717) is 19.3 Å². The number of hydrogen-bond donors (Lipinski definition) is 0. The van der Waals surface area contributed by atoms with E-state index in [9.17, 15) is 14.4 Å². The number of carbonyl (C=O) groups excluding carboxylic acids is 3. The van der Waals surface area contributed by atoms with Gasteiger partial charge in [-0.25, -0.2) is 0 Å². The van der Waals surface area contributed by atoms with Crippen LogP contribution >= 0.6 is 0 Å². The zero-order valence-corrected chi connectivity index (χ0v) is 44.4. The predicted molar refractivity (Wildman–Crippen MR) is 288 cm³/mol. The molecule has 0 aliphatic heterocycles. The molecule has 0 heterocycles. The number of carbonyl (C=O) groups is 3. The summed E-state index contributed by atoms with van der Waals surface area (Å²) in [6.45, 7) is 6.58. The van der Waals surface area contributed by atoms with Crippen LogP contribution in [0.2, 0.25) is 0 Å². The van der Waals surface area contributed by atoms with Gasteiger partial charge in [0.15, 0.2) is 6.10 Å². The summed E-state index contributed by atoms with van der Waals surface area (Å²) in [6, 6.07) is 0. The van der Waals surface area contributed by atoms with Crippen LogP contribution < -0.4 is 0 Å². The Morgan fingerprint density at radius 3 is 0.866 bits per heavy atom. The van der Waals surface area contributed by atoms with E-state index in [4.69, 9.17) is 14.2 Å². The molecule has 1 atom stereocenters. The van der Waals surface area contributed by atoms with Gasteiger partial charge < -0.3 is 14.2 Å². The lowest BCUT2D eigenvalue weighted by Gasteiger charge is -2.18. The average Bonchev–Trinajstić information content (AvgIpc) is 3.33. The maximum absolute atomic E-state index is 12.8. The van der Waals surface area contributed by atoms with Gasteiger partial charge in [0.1, 0.15) is 13.2 Å². The Kier molecular flexibility index (Phi) is 53.3. The first kappa shape index (κ1) is 64.1. The Balaban J connectivity index is 4.39. The van der Waals surface area contributed by atoms with E-state index in [-0.39, 0.29) is 31.1 Å². The average molecular weight is 938 g/mol. The molecule has 0 radical (unpaired) electrons. The molecule has 0 aliphatic carbocycles. The highest BCUT2D eigenvalue weighted by Crippen LogP contribution is 2.15. The van der Waals surface area contributed by atoms with Gasteiger partial charge in [0.05, 0.1) is 0 Å². The molecule has 0 bridgehead atoms. The third kappa shape index (κ3) is 53.9. The van der Waals surface area contributed by atoms with Crippen LogP contribution in [0.5, 0.6) is 0 Å². The van der Waals surface area contributed by atoms with Crippen LogP contribution in [0.1, 0.15) is 290 Å². The first-order chi connectivity index (χ1) is 33.0. The first-order valence-corrected chi connectivity index (χ1v) is 28.8. The minimum atomic E-state index is -0.788. The SMILES string of the molecule is CCCCC/C=C\C/C=C\CCCCCCCC(=O)OCC(COC(=O)CCCCCCCCCCC/C=C\CCCCCCCC)OC(=O)CCCCCCC/C=C\C/C=C\CCCCC. The summed E-state index contributed by atoms with van der Waals surface area (Å²) >= 11 is 0. The van der Waals surface area contributed by atoms with Crippen LogP contribution in [0.3, 0.4) is 0 Å². The number of unbranched alkanes of at least 4 members (excludes halogenated alkanes) is 31. The fraction of sp³-hybridized carbons (Fsp3) is 0.787. The molecule has 0 spiro atoms. The Morgan fingerprint density at radius 1 is 0.299 bits per heavy atom. The second-order valence-corrected chi connectivity index (χ2v) is 19.2. The maximum Gasteiger partial charge on any atom is 0.306 e. The molecule has 1 unspecified atom stereocenters. The van der Waals surface area contributed by atoms with Gasteiger partial charge in [0.2, 0.25) is 0 Å². The summed E-state index contributed by atoms with van der Waals surface area (Å²) in [6.07, 6.45) is 69.2. The topological polar surface area (TPSA) is 78.9 Å². The molecule has 0 aliphatic rings. The van der Waals surface area contributed by atoms with Crippen molar-refractivity contribution in [1.29, 1.82) is 0 Å². The monoisotopic (exact) mass is 937 g/mol. The number of esters is 3. The third-order valence-corrected chi connectivity index (χ3v) is 12.5. The maximum atomic E-state index is 12.8. The molecule has 0 fully saturated rings. The fourth-order valence-corrected chi connectivity index (χ4v) is 8.09. The van der Waals surface area contributed by atoms with E-state index >= 15 is 0 Å². The van der Waals surface area contributed by atoms with Crippen LogP contribution in [0, 0.1) is 0 Å². The van der Waals surface area contributed by atoms with E-state index < -0.39 is 6.10 Å². The van der Waals surface area contributed by atoms with Crippen molar-refractivity contribution in [3.05, 3.63) is 60.8 Å². The molecule has 6 heteroatoms. The summed E-state index contributed by atoms with van der Waals surface area (Å²) in [5.41, 5.74) is 0. The van der Waals surface area contributed by atoms with E-state index in [2.05, 4.69) is 81.5 Å². The Morgan fingerprint density at radius 2 is 0.537 bits per heavy atom. The number of ether oxygens (including phenoxy) is 3. The molecule has 6 nitrogen and oxygen atoms in total. The molecule has 67 heavy (non-hydrogen) atoms. The zero-order valence-electron chi connectivity index (χ0n) is 44.4.